The monoisotopic (exact) mass is 1060 g/mol. The molecule has 0 aromatic heterocycles. The predicted octanol–water partition coefficient (Wildman–Crippen LogP) is 21.8. The number of unbranched alkanes of at least 4 members (excludes halogenated alkanes) is 51. The second-order valence-corrected chi connectivity index (χ2v) is 23.5. The molecule has 1 amide bonds. The van der Waals surface area contributed by atoms with Crippen LogP contribution < -0.4 is 5.32 Å². The van der Waals surface area contributed by atoms with Gasteiger partial charge in [-0.15, -0.1) is 0 Å². The molecule has 0 saturated carbocycles. The number of allylic oxidation sites excluding steroid dienone is 3. The van der Waals surface area contributed by atoms with Crippen LogP contribution in [-0.4, -0.2) is 47.4 Å². The Labute approximate surface area is 469 Å². The Morgan fingerprint density at radius 2 is 0.627 bits per heavy atom. The summed E-state index contributed by atoms with van der Waals surface area (Å²) in [6.45, 7) is 4.94. The molecule has 75 heavy (non-hydrogen) atoms. The van der Waals surface area contributed by atoms with E-state index in [0.29, 0.717) is 19.4 Å². The van der Waals surface area contributed by atoms with E-state index in [-0.39, 0.29) is 18.5 Å². The van der Waals surface area contributed by atoms with Gasteiger partial charge in [0.2, 0.25) is 5.91 Å². The van der Waals surface area contributed by atoms with E-state index in [1.165, 1.54) is 315 Å². The van der Waals surface area contributed by atoms with Crippen LogP contribution >= 0.6 is 0 Å². The highest BCUT2D eigenvalue weighted by Crippen LogP contribution is 2.18. The normalized spacial score (nSPS) is 12.6. The van der Waals surface area contributed by atoms with Gasteiger partial charge >= 0.3 is 5.97 Å². The van der Waals surface area contributed by atoms with Crippen LogP contribution in [0, 0.1) is 0 Å². The Balaban J connectivity index is 3.39. The van der Waals surface area contributed by atoms with E-state index >= 15 is 0 Å². The van der Waals surface area contributed by atoms with Crippen LogP contribution in [0.1, 0.15) is 380 Å². The molecule has 0 rings (SSSR count). The van der Waals surface area contributed by atoms with E-state index in [0.717, 1.165) is 38.5 Å². The summed E-state index contributed by atoms with van der Waals surface area (Å²) in [6.07, 6.45) is 81.0. The van der Waals surface area contributed by atoms with Gasteiger partial charge in [0.25, 0.3) is 0 Å². The fourth-order valence-electron chi connectivity index (χ4n) is 10.7. The molecule has 6 nitrogen and oxygen atoms in total. The topological polar surface area (TPSA) is 95.9 Å². The van der Waals surface area contributed by atoms with Crippen LogP contribution in [-0.2, 0) is 14.3 Å². The van der Waals surface area contributed by atoms with E-state index in [4.69, 9.17) is 4.74 Å². The molecule has 0 aliphatic carbocycles. The van der Waals surface area contributed by atoms with Crippen molar-refractivity contribution < 1.29 is 24.5 Å². The summed E-state index contributed by atoms with van der Waals surface area (Å²) < 4.78 is 5.50. The number of aliphatic hydroxyl groups is 2. The van der Waals surface area contributed by atoms with Crippen molar-refractivity contribution in [3.05, 3.63) is 24.3 Å². The summed E-state index contributed by atoms with van der Waals surface area (Å²) in [6, 6.07) is -0.628. The van der Waals surface area contributed by atoms with Crippen molar-refractivity contribution in [1.29, 1.82) is 0 Å². The largest absolute Gasteiger partial charge is 0.466 e. The van der Waals surface area contributed by atoms with E-state index in [1.807, 2.05) is 6.08 Å². The van der Waals surface area contributed by atoms with Crippen molar-refractivity contribution in [3.63, 3.8) is 0 Å². The zero-order chi connectivity index (χ0) is 54.3. The number of amides is 1. The minimum absolute atomic E-state index is 0.0182. The molecule has 0 heterocycles. The second kappa shape index (κ2) is 64.9. The third kappa shape index (κ3) is 61.4. The molecule has 0 radical (unpaired) electrons. The number of aliphatic hydroxyl groups excluding tert-OH is 2. The Hall–Kier alpha value is -1.66. The molecule has 2 atom stereocenters. The average molecular weight is 1060 g/mol. The van der Waals surface area contributed by atoms with Crippen molar-refractivity contribution in [2.75, 3.05) is 13.2 Å². The molecule has 2 unspecified atom stereocenters. The van der Waals surface area contributed by atoms with Gasteiger partial charge in [0.1, 0.15) is 0 Å². The highest BCUT2D eigenvalue weighted by Gasteiger charge is 2.18. The SMILES string of the molecule is CCCCCCCCCCCCCCCC/C=C/C(O)C(CO)NC(=O)CCCCCCCCCCCCC/C=C\CCCCCCCCCCCCCCOC(=O)CCCCCCCCCCCCCCCCC. The molecule has 0 saturated heterocycles. The van der Waals surface area contributed by atoms with Gasteiger partial charge in [-0.25, -0.2) is 0 Å². The van der Waals surface area contributed by atoms with Crippen LogP contribution in [0.3, 0.4) is 0 Å². The molecule has 0 aromatic rings. The predicted molar refractivity (Wildman–Crippen MR) is 329 cm³/mol. The van der Waals surface area contributed by atoms with Crippen LogP contribution in [0.2, 0.25) is 0 Å². The lowest BCUT2D eigenvalue weighted by molar-refractivity contribution is -0.143. The minimum atomic E-state index is -0.845. The molecule has 0 aromatic carbocycles. The lowest BCUT2D eigenvalue weighted by Crippen LogP contribution is -2.45. The van der Waals surface area contributed by atoms with E-state index in [9.17, 15) is 19.8 Å². The molecule has 0 aliphatic heterocycles. The van der Waals surface area contributed by atoms with Crippen LogP contribution in [0.5, 0.6) is 0 Å². The molecule has 0 spiro atoms. The third-order valence-corrected chi connectivity index (χ3v) is 16.0. The molecular weight excluding hydrogens is 923 g/mol. The summed E-state index contributed by atoms with van der Waals surface area (Å²) in [5.74, 6) is -0.0480. The minimum Gasteiger partial charge on any atom is -0.466 e. The fourth-order valence-corrected chi connectivity index (χ4v) is 10.7. The molecule has 444 valence electrons. The highest BCUT2D eigenvalue weighted by atomic mass is 16.5. The van der Waals surface area contributed by atoms with Gasteiger partial charge in [0, 0.05) is 12.8 Å². The van der Waals surface area contributed by atoms with Crippen molar-refractivity contribution >= 4 is 11.9 Å². The molecule has 0 fully saturated rings. The summed E-state index contributed by atoms with van der Waals surface area (Å²) in [7, 11) is 0. The first-order valence-electron chi connectivity index (χ1n) is 34.1. The number of rotatable bonds is 64. The second-order valence-electron chi connectivity index (χ2n) is 23.5. The quantitative estimate of drug-likeness (QED) is 0.0320. The van der Waals surface area contributed by atoms with Crippen molar-refractivity contribution in [3.8, 4) is 0 Å². The van der Waals surface area contributed by atoms with Gasteiger partial charge < -0.3 is 20.3 Å². The van der Waals surface area contributed by atoms with Crippen LogP contribution in [0.25, 0.3) is 0 Å². The average Bonchev–Trinajstić information content (AvgIpc) is 3.41. The summed E-state index contributed by atoms with van der Waals surface area (Å²) in [5.41, 5.74) is 0. The Bertz CT molecular complexity index is 1170. The maximum Gasteiger partial charge on any atom is 0.305 e. The smallest absolute Gasteiger partial charge is 0.305 e. The molecule has 0 bridgehead atoms. The first kappa shape index (κ1) is 73.3. The van der Waals surface area contributed by atoms with Crippen molar-refractivity contribution in [2.45, 2.75) is 392 Å². The van der Waals surface area contributed by atoms with Gasteiger partial charge in [-0.1, -0.05) is 334 Å². The van der Waals surface area contributed by atoms with E-state index < -0.39 is 12.1 Å². The fraction of sp³-hybridized carbons (Fsp3) is 0.913. The van der Waals surface area contributed by atoms with Gasteiger partial charge in [0.15, 0.2) is 0 Å². The van der Waals surface area contributed by atoms with E-state index in [2.05, 4.69) is 31.3 Å². The maximum atomic E-state index is 12.5. The number of ether oxygens (including phenoxy) is 1. The number of carbonyl (C=O) groups is 2. The van der Waals surface area contributed by atoms with Gasteiger partial charge in [-0.2, -0.15) is 0 Å². The zero-order valence-electron chi connectivity index (χ0n) is 50.8. The van der Waals surface area contributed by atoms with Crippen molar-refractivity contribution in [1.82, 2.24) is 5.32 Å². The van der Waals surface area contributed by atoms with Crippen LogP contribution in [0.15, 0.2) is 24.3 Å². The number of hydrogen-bond acceptors (Lipinski definition) is 5. The Morgan fingerprint density at radius 1 is 0.360 bits per heavy atom. The van der Waals surface area contributed by atoms with Gasteiger partial charge in [0.05, 0.1) is 25.4 Å². The molecule has 3 N–H and O–H groups in total. The lowest BCUT2D eigenvalue weighted by atomic mass is 10.0. The first-order chi connectivity index (χ1) is 37.0. The summed E-state index contributed by atoms with van der Waals surface area (Å²) >= 11 is 0. The first-order valence-corrected chi connectivity index (χ1v) is 34.1. The standard InChI is InChI=1S/C69H133NO5/c1-3-5-7-9-11-13-15-17-19-34-37-41-45-49-53-57-61-67(72)66(65-71)70-68(73)62-58-54-50-46-42-38-35-31-29-27-25-23-21-20-22-24-26-28-30-32-36-40-44-48-52-56-60-64-75-69(74)63-59-55-51-47-43-39-33-18-16-14-12-10-8-6-4-2/h20-21,57,61,66-67,71-72H,3-19,22-56,58-60,62-65H2,1-2H3,(H,70,73)/b21-20-,61-57+. The van der Waals surface area contributed by atoms with Gasteiger partial charge in [-0.3, -0.25) is 9.59 Å². The summed E-state index contributed by atoms with van der Waals surface area (Å²) in [4.78, 5) is 24.6. The van der Waals surface area contributed by atoms with E-state index in [1.54, 1.807) is 6.08 Å². The molecule has 6 heteroatoms. The number of nitrogens with one attached hydrogen (secondary N) is 1. The third-order valence-electron chi connectivity index (χ3n) is 16.0. The maximum absolute atomic E-state index is 12.5. The zero-order valence-corrected chi connectivity index (χ0v) is 50.8. The lowest BCUT2D eigenvalue weighted by Gasteiger charge is -2.20. The summed E-state index contributed by atoms with van der Waals surface area (Å²) in [5, 5.41) is 23.2. The Morgan fingerprint density at radius 3 is 0.947 bits per heavy atom. The highest BCUT2D eigenvalue weighted by molar-refractivity contribution is 5.76. The van der Waals surface area contributed by atoms with Crippen LogP contribution in [0.4, 0.5) is 0 Å². The molecule has 0 aliphatic rings. The molecular formula is C69H133NO5. The number of carbonyl (C=O) groups excluding carboxylic acids is 2. The van der Waals surface area contributed by atoms with Gasteiger partial charge in [-0.05, 0) is 57.8 Å². The van der Waals surface area contributed by atoms with Crippen molar-refractivity contribution in [2.24, 2.45) is 0 Å². The number of hydrogen-bond donors (Lipinski definition) is 3. The Kier molecular flexibility index (Phi) is 63.4. The number of esters is 1.